The molecule has 2 aromatic carbocycles. The third-order valence-electron chi connectivity index (χ3n) is 3.02. The van der Waals surface area contributed by atoms with Gasteiger partial charge >= 0.3 is 0 Å². The van der Waals surface area contributed by atoms with E-state index in [0.29, 0.717) is 24.3 Å². The Morgan fingerprint density at radius 2 is 1.55 bits per heavy atom. The molecule has 0 bridgehead atoms. The minimum atomic E-state index is 0.0280. The fourth-order valence-electron chi connectivity index (χ4n) is 1.90. The van der Waals surface area contributed by atoms with Crippen LogP contribution >= 0.6 is 0 Å². The number of hydrogen-bond acceptors (Lipinski definition) is 3. The second-order valence-electron chi connectivity index (χ2n) is 4.56. The van der Waals surface area contributed by atoms with Crippen molar-refractivity contribution in [3.8, 4) is 5.75 Å². The normalized spacial score (nSPS) is 10.2. The smallest absolute Gasteiger partial charge is 0.193 e. The highest BCUT2D eigenvalue weighted by Gasteiger charge is 2.08. The average Bonchev–Trinajstić information content (AvgIpc) is 2.52. The van der Waals surface area contributed by atoms with Crippen molar-refractivity contribution in [2.24, 2.45) is 5.73 Å². The van der Waals surface area contributed by atoms with Crippen LogP contribution < -0.4 is 10.5 Å². The summed E-state index contributed by atoms with van der Waals surface area (Å²) in [4.78, 5) is 12.2. The minimum Gasteiger partial charge on any atom is -0.494 e. The van der Waals surface area contributed by atoms with Gasteiger partial charge in [0.15, 0.2) is 5.78 Å². The molecule has 0 fully saturated rings. The molecule has 0 aliphatic carbocycles. The number of benzene rings is 2. The summed E-state index contributed by atoms with van der Waals surface area (Å²) < 4.78 is 5.58. The zero-order chi connectivity index (χ0) is 14.2. The lowest BCUT2D eigenvalue weighted by Gasteiger charge is -2.06. The van der Waals surface area contributed by atoms with Gasteiger partial charge in [-0.25, -0.2) is 0 Å². The van der Waals surface area contributed by atoms with E-state index >= 15 is 0 Å². The van der Waals surface area contributed by atoms with Crippen molar-refractivity contribution in [2.45, 2.75) is 12.8 Å². The molecule has 0 aliphatic heterocycles. The number of ketones is 1. The van der Waals surface area contributed by atoms with E-state index in [4.69, 9.17) is 10.5 Å². The monoisotopic (exact) mass is 269 g/mol. The first-order valence-corrected chi connectivity index (χ1v) is 6.84. The maximum absolute atomic E-state index is 12.2. The van der Waals surface area contributed by atoms with Crippen molar-refractivity contribution in [2.75, 3.05) is 13.2 Å². The molecule has 0 spiro atoms. The molecule has 0 atom stereocenters. The summed E-state index contributed by atoms with van der Waals surface area (Å²) in [6.45, 7) is 1.34. The number of hydrogen-bond donors (Lipinski definition) is 1. The molecule has 0 aromatic heterocycles. The van der Waals surface area contributed by atoms with Gasteiger partial charge in [-0.2, -0.15) is 0 Å². The SMILES string of the molecule is NCCCCOc1ccc(C(=O)c2ccccc2)cc1. The molecule has 0 radical (unpaired) electrons. The molecule has 3 nitrogen and oxygen atoms in total. The lowest BCUT2D eigenvalue weighted by molar-refractivity contribution is 0.103. The number of carbonyl (C=O) groups excluding carboxylic acids is 1. The number of unbranched alkanes of at least 4 members (excludes halogenated alkanes) is 1. The van der Waals surface area contributed by atoms with E-state index in [2.05, 4.69) is 0 Å². The zero-order valence-electron chi connectivity index (χ0n) is 11.4. The summed E-state index contributed by atoms with van der Waals surface area (Å²) in [6.07, 6.45) is 1.91. The lowest BCUT2D eigenvalue weighted by atomic mass is 10.0. The van der Waals surface area contributed by atoms with Gasteiger partial charge in [0.25, 0.3) is 0 Å². The van der Waals surface area contributed by atoms with Crippen LogP contribution in [0.3, 0.4) is 0 Å². The lowest BCUT2D eigenvalue weighted by Crippen LogP contribution is -2.04. The van der Waals surface area contributed by atoms with Crippen molar-refractivity contribution >= 4 is 5.78 Å². The first kappa shape index (κ1) is 14.3. The zero-order valence-corrected chi connectivity index (χ0v) is 11.4. The molecule has 0 heterocycles. The molecule has 0 saturated heterocycles. The van der Waals surface area contributed by atoms with Gasteiger partial charge in [-0.15, -0.1) is 0 Å². The Hall–Kier alpha value is -2.13. The third-order valence-corrected chi connectivity index (χ3v) is 3.02. The van der Waals surface area contributed by atoms with Gasteiger partial charge < -0.3 is 10.5 Å². The van der Waals surface area contributed by atoms with Crippen LogP contribution in [-0.4, -0.2) is 18.9 Å². The van der Waals surface area contributed by atoms with Gasteiger partial charge in [0.1, 0.15) is 5.75 Å². The Bertz CT molecular complexity index is 535. The van der Waals surface area contributed by atoms with Crippen LogP contribution in [0, 0.1) is 0 Å². The first-order valence-electron chi connectivity index (χ1n) is 6.84. The molecule has 104 valence electrons. The predicted molar refractivity (Wildman–Crippen MR) is 80.1 cm³/mol. The standard InChI is InChI=1S/C17H19NO2/c18-12-4-5-13-20-16-10-8-15(9-11-16)17(19)14-6-2-1-3-7-14/h1-3,6-11H,4-5,12-13,18H2. The average molecular weight is 269 g/mol. The van der Waals surface area contributed by atoms with Crippen molar-refractivity contribution < 1.29 is 9.53 Å². The van der Waals surface area contributed by atoms with Gasteiger partial charge in [0.05, 0.1) is 6.61 Å². The fourth-order valence-corrected chi connectivity index (χ4v) is 1.90. The quantitative estimate of drug-likeness (QED) is 0.621. The maximum Gasteiger partial charge on any atom is 0.193 e. The molecule has 3 heteroatoms. The largest absolute Gasteiger partial charge is 0.494 e. The van der Waals surface area contributed by atoms with Gasteiger partial charge in [0, 0.05) is 11.1 Å². The summed E-state index contributed by atoms with van der Waals surface area (Å²) in [7, 11) is 0. The summed E-state index contributed by atoms with van der Waals surface area (Å²) in [5, 5.41) is 0. The predicted octanol–water partition coefficient (Wildman–Crippen LogP) is 3.04. The number of nitrogens with two attached hydrogens (primary N) is 1. The Morgan fingerprint density at radius 3 is 2.20 bits per heavy atom. The minimum absolute atomic E-state index is 0.0280. The van der Waals surface area contributed by atoms with E-state index in [1.807, 2.05) is 42.5 Å². The van der Waals surface area contributed by atoms with Crippen molar-refractivity contribution in [3.05, 3.63) is 65.7 Å². The summed E-state index contributed by atoms with van der Waals surface area (Å²) >= 11 is 0. The second-order valence-corrected chi connectivity index (χ2v) is 4.56. The van der Waals surface area contributed by atoms with Gasteiger partial charge in [-0.1, -0.05) is 30.3 Å². The highest BCUT2D eigenvalue weighted by molar-refractivity contribution is 6.08. The molecule has 2 rings (SSSR count). The van der Waals surface area contributed by atoms with Crippen LogP contribution in [0.2, 0.25) is 0 Å². The van der Waals surface area contributed by atoms with Gasteiger partial charge in [0.2, 0.25) is 0 Å². The molecule has 20 heavy (non-hydrogen) atoms. The molecular formula is C17H19NO2. The van der Waals surface area contributed by atoms with Crippen LogP contribution in [0.15, 0.2) is 54.6 Å². The summed E-state index contributed by atoms with van der Waals surface area (Å²) in [5.74, 6) is 0.812. The highest BCUT2D eigenvalue weighted by atomic mass is 16.5. The fraction of sp³-hybridized carbons (Fsp3) is 0.235. The van der Waals surface area contributed by atoms with Gasteiger partial charge in [-0.3, -0.25) is 4.79 Å². The number of carbonyl (C=O) groups is 1. The molecule has 0 unspecified atom stereocenters. The molecule has 0 aliphatic rings. The van der Waals surface area contributed by atoms with Crippen LogP contribution in [0.4, 0.5) is 0 Å². The molecule has 0 saturated carbocycles. The Balaban J connectivity index is 1.96. The van der Waals surface area contributed by atoms with E-state index in [1.165, 1.54) is 0 Å². The highest BCUT2D eigenvalue weighted by Crippen LogP contribution is 2.15. The van der Waals surface area contributed by atoms with Crippen molar-refractivity contribution in [1.29, 1.82) is 0 Å². The van der Waals surface area contributed by atoms with Crippen molar-refractivity contribution in [3.63, 3.8) is 0 Å². The Morgan fingerprint density at radius 1 is 0.900 bits per heavy atom. The molecular weight excluding hydrogens is 250 g/mol. The first-order chi connectivity index (χ1) is 9.81. The van der Waals surface area contributed by atoms with E-state index < -0.39 is 0 Å². The Kier molecular flexibility index (Phi) is 5.33. The maximum atomic E-state index is 12.2. The topological polar surface area (TPSA) is 52.3 Å². The van der Waals surface area contributed by atoms with Gasteiger partial charge in [-0.05, 0) is 43.7 Å². The summed E-state index contributed by atoms with van der Waals surface area (Å²) in [5.41, 5.74) is 6.79. The van der Waals surface area contributed by atoms with Crippen LogP contribution in [0.25, 0.3) is 0 Å². The van der Waals surface area contributed by atoms with Crippen LogP contribution in [0.1, 0.15) is 28.8 Å². The van der Waals surface area contributed by atoms with E-state index in [9.17, 15) is 4.79 Å². The van der Waals surface area contributed by atoms with E-state index in [1.54, 1.807) is 12.1 Å². The van der Waals surface area contributed by atoms with E-state index in [-0.39, 0.29) is 5.78 Å². The Labute approximate surface area is 119 Å². The van der Waals surface area contributed by atoms with Crippen LogP contribution in [-0.2, 0) is 0 Å². The second kappa shape index (κ2) is 7.46. The number of ether oxygens (including phenoxy) is 1. The summed E-state index contributed by atoms with van der Waals surface area (Å²) in [6, 6.07) is 16.5. The van der Waals surface area contributed by atoms with Crippen LogP contribution in [0.5, 0.6) is 5.75 Å². The third kappa shape index (κ3) is 3.93. The number of rotatable bonds is 7. The molecule has 2 aromatic rings. The van der Waals surface area contributed by atoms with E-state index in [0.717, 1.165) is 18.6 Å². The van der Waals surface area contributed by atoms with Crippen molar-refractivity contribution in [1.82, 2.24) is 0 Å². The molecule has 2 N–H and O–H groups in total. The molecule has 0 amide bonds.